The summed E-state index contributed by atoms with van der Waals surface area (Å²) in [5.41, 5.74) is 5.99. The summed E-state index contributed by atoms with van der Waals surface area (Å²) in [5.74, 6) is 0.135. The molecule has 1 aliphatic heterocycles. The molecule has 20 heavy (non-hydrogen) atoms. The average Bonchev–Trinajstić information content (AvgIpc) is 2.48. The zero-order chi connectivity index (χ0) is 14.4. The number of carbonyl (C=O) groups excluding carboxylic acids is 2. The van der Waals surface area contributed by atoms with Gasteiger partial charge in [-0.15, -0.1) is 0 Å². The van der Waals surface area contributed by atoms with E-state index in [0.717, 1.165) is 51.6 Å². The van der Waals surface area contributed by atoms with Gasteiger partial charge in [0, 0.05) is 32.1 Å². The first-order valence-electron chi connectivity index (χ1n) is 7.99. The molecule has 2 amide bonds. The number of nitrogens with one attached hydrogen (secondary N) is 1. The number of hydrogen-bond acceptors (Lipinski definition) is 3. The Kier molecular flexibility index (Phi) is 5.83. The zero-order valence-electron chi connectivity index (χ0n) is 12.3. The Morgan fingerprint density at radius 3 is 2.45 bits per heavy atom. The fraction of sp³-hybridized carbons (Fsp3) is 0.867. The van der Waals surface area contributed by atoms with Gasteiger partial charge in [0.15, 0.2) is 0 Å². The van der Waals surface area contributed by atoms with Crippen LogP contribution in [0.25, 0.3) is 0 Å². The molecule has 2 fully saturated rings. The summed E-state index contributed by atoms with van der Waals surface area (Å²) in [7, 11) is 0. The number of amides is 2. The Morgan fingerprint density at radius 2 is 1.75 bits per heavy atom. The highest BCUT2D eigenvalue weighted by atomic mass is 16.2. The predicted molar refractivity (Wildman–Crippen MR) is 78.0 cm³/mol. The molecule has 0 spiro atoms. The fourth-order valence-electron chi connectivity index (χ4n) is 3.21. The lowest BCUT2D eigenvalue weighted by molar-refractivity contribution is -0.132. The molecule has 2 aliphatic rings. The van der Waals surface area contributed by atoms with Crippen LogP contribution in [0.15, 0.2) is 0 Å². The molecule has 0 bridgehead atoms. The second-order valence-corrected chi connectivity index (χ2v) is 6.04. The molecule has 0 aromatic carbocycles. The second-order valence-electron chi connectivity index (χ2n) is 6.04. The van der Waals surface area contributed by atoms with Gasteiger partial charge in [0.1, 0.15) is 0 Å². The molecule has 5 heteroatoms. The average molecular weight is 281 g/mol. The van der Waals surface area contributed by atoms with Gasteiger partial charge in [-0.05, 0) is 32.1 Å². The molecule has 3 N–H and O–H groups in total. The van der Waals surface area contributed by atoms with E-state index in [1.807, 2.05) is 4.90 Å². The summed E-state index contributed by atoms with van der Waals surface area (Å²) < 4.78 is 0. The van der Waals surface area contributed by atoms with Crippen LogP contribution in [-0.4, -0.2) is 42.4 Å². The van der Waals surface area contributed by atoms with Gasteiger partial charge in [-0.25, -0.2) is 0 Å². The van der Waals surface area contributed by atoms with E-state index in [1.54, 1.807) is 0 Å². The SMILES string of the molecule is NC1CCCCC1C(=O)NCCC(=O)N1CCCCC1. The van der Waals surface area contributed by atoms with Crippen molar-refractivity contribution in [2.45, 2.75) is 57.4 Å². The quantitative estimate of drug-likeness (QED) is 0.808. The first-order chi connectivity index (χ1) is 9.68. The summed E-state index contributed by atoms with van der Waals surface area (Å²) in [6.07, 6.45) is 7.87. The molecule has 1 aliphatic carbocycles. The maximum absolute atomic E-state index is 12.1. The van der Waals surface area contributed by atoms with Crippen LogP contribution >= 0.6 is 0 Å². The van der Waals surface area contributed by atoms with E-state index in [1.165, 1.54) is 6.42 Å². The number of nitrogens with zero attached hydrogens (tertiary/aromatic N) is 1. The molecule has 1 saturated heterocycles. The van der Waals surface area contributed by atoms with Gasteiger partial charge in [-0.3, -0.25) is 9.59 Å². The van der Waals surface area contributed by atoms with Gasteiger partial charge >= 0.3 is 0 Å². The third kappa shape index (κ3) is 4.20. The maximum Gasteiger partial charge on any atom is 0.224 e. The highest BCUT2D eigenvalue weighted by Gasteiger charge is 2.28. The number of rotatable bonds is 4. The van der Waals surface area contributed by atoms with Crippen molar-refractivity contribution < 1.29 is 9.59 Å². The predicted octanol–water partition coefficient (Wildman–Crippen LogP) is 1.02. The first-order valence-corrected chi connectivity index (χ1v) is 7.99. The molecule has 1 heterocycles. The number of hydrogen-bond donors (Lipinski definition) is 2. The summed E-state index contributed by atoms with van der Waals surface area (Å²) in [6.45, 7) is 2.19. The van der Waals surface area contributed by atoms with Crippen LogP contribution in [0.1, 0.15) is 51.4 Å². The van der Waals surface area contributed by atoms with Crippen molar-refractivity contribution in [2.24, 2.45) is 11.7 Å². The van der Waals surface area contributed by atoms with Crippen LogP contribution in [0.2, 0.25) is 0 Å². The lowest BCUT2D eigenvalue weighted by Gasteiger charge is -2.28. The number of likely N-dealkylation sites (tertiary alicyclic amines) is 1. The topological polar surface area (TPSA) is 75.4 Å². The van der Waals surface area contributed by atoms with E-state index < -0.39 is 0 Å². The first kappa shape index (κ1) is 15.3. The van der Waals surface area contributed by atoms with E-state index in [4.69, 9.17) is 5.73 Å². The van der Waals surface area contributed by atoms with Crippen molar-refractivity contribution >= 4 is 11.8 Å². The Morgan fingerprint density at radius 1 is 1.05 bits per heavy atom. The summed E-state index contributed by atoms with van der Waals surface area (Å²) in [4.78, 5) is 25.9. The van der Waals surface area contributed by atoms with Crippen LogP contribution in [0.3, 0.4) is 0 Å². The van der Waals surface area contributed by atoms with E-state index in [9.17, 15) is 9.59 Å². The van der Waals surface area contributed by atoms with Crippen LogP contribution in [0, 0.1) is 5.92 Å². The van der Waals surface area contributed by atoms with Crippen molar-refractivity contribution in [3.63, 3.8) is 0 Å². The normalized spacial score (nSPS) is 27.1. The standard InChI is InChI=1S/C15H27N3O2/c16-13-7-3-2-6-12(13)15(20)17-9-8-14(19)18-10-4-1-5-11-18/h12-13H,1-11,16H2,(H,17,20). The highest BCUT2D eigenvalue weighted by molar-refractivity contribution is 5.81. The highest BCUT2D eigenvalue weighted by Crippen LogP contribution is 2.22. The lowest BCUT2D eigenvalue weighted by Crippen LogP contribution is -2.44. The van der Waals surface area contributed by atoms with Crippen LogP contribution in [0.4, 0.5) is 0 Å². The number of nitrogens with two attached hydrogens (primary N) is 1. The molecule has 2 unspecified atom stereocenters. The van der Waals surface area contributed by atoms with Gasteiger partial charge < -0.3 is 16.0 Å². The monoisotopic (exact) mass is 281 g/mol. The van der Waals surface area contributed by atoms with Crippen LogP contribution in [0.5, 0.6) is 0 Å². The van der Waals surface area contributed by atoms with Crippen molar-refractivity contribution in [2.75, 3.05) is 19.6 Å². The minimum absolute atomic E-state index is 0.0125. The summed E-state index contributed by atoms with van der Waals surface area (Å²) in [5, 5.41) is 2.89. The smallest absolute Gasteiger partial charge is 0.224 e. The number of piperidine rings is 1. The van der Waals surface area contributed by atoms with Gasteiger partial charge in [0.05, 0.1) is 5.92 Å². The lowest BCUT2D eigenvalue weighted by atomic mass is 9.84. The Bertz CT molecular complexity index is 340. The minimum Gasteiger partial charge on any atom is -0.355 e. The van der Waals surface area contributed by atoms with E-state index >= 15 is 0 Å². The van der Waals surface area contributed by atoms with Crippen LogP contribution < -0.4 is 11.1 Å². The second kappa shape index (κ2) is 7.62. The van der Waals surface area contributed by atoms with E-state index in [-0.39, 0.29) is 23.8 Å². The summed E-state index contributed by atoms with van der Waals surface area (Å²) >= 11 is 0. The maximum atomic E-state index is 12.1. The van der Waals surface area contributed by atoms with Gasteiger partial charge in [0.2, 0.25) is 11.8 Å². The molecule has 0 radical (unpaired) electrons. The summed E-state index contributed by atoms with van der Waals surface area (Å²) in [6, 6.07) is -0.0125. The van der Waals surface area contributed by atoms with Crippen molar-refractivity contribution in [3.05, 3.63) is 0 Å². The third-order valence-electron chi connectivity index (χ3n) is 4.50. The van der Waals surface area contributed by atoms with Crippen LogP contribution in [-0.2, 0) is 9.59 Å². The third-order valence-corrected chi connectivity index (χ3v) is 4.50. The van der Waals surface area contributed by atoms with Crippen molar-refractivity contribution in [1.29, 1.82) is 0 Å². The molecule has 5 nitrogen and oxygen atoms in total. The largest absolute Gasteiger partial charge is 0.355 e. The van der Waals surface area contributed by atoms with Crippen molar-refractivity contribution in [1.82, 2.24) is 10.2 Å². The molecule has 0 aromatic heterocycles. The molecular weight excluding hydrogens is 254 g/mol. The molecule has 1 saturated carbocycles. The van der Waals surface area contributed by atoms with E-state index in [2.05, 4.69) is 5.32 Å². The molecule has 114 valence electrons. The van der Waals surface area contributed by atoms with Gasteiger partial charge in [0.25, 0.3) is 0 Å². The molecule has 2 atom stereocenters. The molecular formula is C15H27N3O2. The fourth-order valence-corrected chi connectivity index (χ4v) is 3.21. The van der Waals surface area contributed by atoms with Gasteiger partial charge in [-0.2, -0.15) is 0 Å². The van der Waals surface area contributed by atoms with E-state index in [0.29, 0.717) is 13.0 Å². The minimum atomic E-state index is -0.0613. The Labute approximate surface area is 121 Å². The van der Waals surface area contributed by atoms with Gasteiger partial charge in [-0.1, -0.05) is 12.8 Å². The Balaban J connectivity index is 1.66. The Hall–Kier alpha value is -1.10. The van der Waals surface area contributed by atoms with Crippen molar-refractivity contribution in [3.8, 4) is 0 Å². The zero-order valence-corrected chi connectivity index (χ0v) is 12.3. The number of carbonyl (C=O) groups is 2. The molecule has 0 aromatic rings. The molecule has 2 rings (SSSR count).